The van der Waals surface area contributed by atoms with Crippen molar-refractivity contribution in [3.05, 3.63) is 63.6 Å². The van der Waals surface area contributed by atoms with Gasteiger partial charge in [0, 0.05) is 26.1 Å². The molecule has 0 bridgehead atoms. The number of carbonyl (C=O) groups is 2. The molecule has 0 heterocycles. The zero-order valence-corrected chi connectivity index (χ0v) is 24.5. The summed E-state index contributed by atoms with van der Waals surface area (Å²) < 4.78 is 26.3. The van der Waals surface area contributed by atoms with Crippen LogP contribution < -0.4 is 9.62 Å². The molecule has 0 aliphatic rings. The van der Waals surface area contributed by atoms with Crippen molar-refractivity contribution < 1.29 is 18.0 Å². The normalized spacial score (nSPS) is 12.3. The lowest BCUT2D eigenvalue weighted by Gasteiger charge is -2.31. The van der Waals surface area contributed by atoms with E-state index in [1.165, 1.54) is 4.31 Å². The summed E-state index contributed by atoms with van der Waals surface area (Å²) in [5.74, 6) is -0.193. The van der Waals surface area contributed by atoms with Crippen LogP contribution in [0.15, 0.2) is 42.5 Å². The molecule has 2 aromatic rings. The maximum atomic E-state index is 13.5. The molecule has 1 unspecified atom stereocenters. The van der Waals surface area contributed by atoms with Gasteiger partial charge in [-0.1, -0.05) is 62.2 Å². The van der Waals surface area contributed by atoms with Crippen LogP contribution in [0.5, 0.6) is 0 Å². The third kappa shape index (κ3) is 9.51. The summed E-state index contributed by atoms with van der Waals surface area (Å²) in [5, 5.41) is 3.70. The smallest absolute Gasteiger partial charge is 0.242 e. The highest BCUT2D eigenvalue weighted by atomic mass is 35.5. The minimum atomic E-state index is -3.54. The van der Waals surface area contributed by atoms with Crippen LogP contribution >= 0.6 is 23.2 Å². The lowest BCUT2D eigenvalue weighted by Crippen LogP contribution is -2.49. The molecule has 0 aliphatic carbocycles. The van der Waals surface area contributed by atoms with E-state index < -0.39 is 16.1 Å². The Morgan fingerprint density at radius 2 is 1.76 bits per heavy atom. The summed E-state index contributed by atoms with van der Waals surface area (Å²) in [6.07, 6.45) is 1.95. The third-order valence-corrected chi connectivity index (χ3v) is 7.78. The first kappa shape index (κ1) is 30.9. The first-order valence-electron chi connectivity index (χ1n) is 12.4. The van der Waals surface area contributed by atoms with Gasteiger partial charge in [0.15, 0.2) is 0 Å². The summed E-state index contributed by atoms with van der Waals surface area (Å²) in [6.45, 7) is 8.58. The van der Waals surface area contributed by atoms with E-state index in [0.29, 0.717) is 35.1 Å². The fraction of sp³-hybridized carbons (Fsp3) is 0.481. The van der Waals surface area contributed by atoms with Crippen LogP contribution in [0.25, 0.3) is 0 Å². The van der Waals surface area contributed by atoms with E-state index in [1.54, 1.807) is 41.3 Å². The molecule has 1 atom stereocenters. The average molecular weight is 571 g/mol. The van der Waals surface area contributed by atoms with Crippen molar-refractivity contribution in [2.24, 2.45) is 5.92 Å². The number of halogens is 2. The van der Waals surface area contributed by atoms with Gasteiger partial charge < -0.3 is 10.2 Å². The van der Waals surface area contributed by atoms with Crippen LogP contribution in [0.3, 0.4) is 0 Å². The largest absolute Gasteiger partial charge is 0.354 e. The second-order valence-corrected chi connectivity index (χ2v) is 12.3. The van der Waals surface area contributed by atoms with E-state index in [9.17, 15) is 18.0 Å². The number of rotatable bonds is 13. The number of nitrogens with one attached hydrogen (secondary N) is 1. The van der Waals surface area contributed by atoms with Crippen LogP contribution in [0.2, 0.25) is 10.0 Å². The molecular formula is C27H37Cl2N3O4S. The molecular weight excluding hydrogens is 533 g/mol. The number of hydrogen-bond donors (Lipinski definition) is 1. The van der Waals surface area contributed by atoms with Crippen LogP contribution in [0.1, 0.15) is 51.2 Å². The van der Waals surface area contributed by atoms with Gasteiger partial charge in [-0.15, -0.1) is 0 Å². The van der Waals surface area contributed by atoms with Crippen molar-refractivity contribution in [1.29, 1.82) is 0 Å². The summed E-state index contributed by atoms with van der Waals surface area (Å²) in [5.41, 5.74) is 2.24. The van der Waals surface area contributed by atoms with Crippen LogP contribution in [0.4, 0.5) is 5.69 Å². The molecule has 2 rings (SSSR count). The monoisotopic (exact) mass is 569 g/mol. The van der Waals surface area contributed by atoms with Gasteiger partial charge in [-0.2, -0.15) is 0 Å². The van der Waals surface area contributed by atoms with Gasteiger partial charge in [0.2, 0.25) is 21.8 Å². The second-order valence-electron chi connectivity index (χ2n) is 9.61. The van der Waals surface area contributed by atoms with E-state index in [1.807, 2.05) is 33.8 Å². The number of anilines is 1. The number of amides is 2. The Morgan fingerprint density at radius 1 is 1.05 bits per heavy atom. The lowest BCUT2D eigenvalue weighted by molar-refractivity contribution is -0.141. The molecule has 0 aliphatic heterocycles. The van der Waals surface area contributed by atoms with E-state index in [2.05, 4.69) is 5.32 Å². The Balaban J connectivity index is 2.24. The standard InChI is InChI=1S/C27H37Cl2N3O4S/c1-6-25(27(34)30-17-19(2)3)31(18-21-12-13-23(28)24(29)16-21)26(33)11-8-14-32(37(5,35)36)22-10-7-9-20(4)15-22/h7,9-10,12-13,15-16,19,25H,6,8,11,14,17-18H2,1-5H3,(H,30,34). The quantitative estimate of drug-likeness (QED) is 0.348. The van der Waals surface area contributed by atoms with Gasteiger partial charge in [-0.05, 0) is 61.1 Å². The minimum absolute atomic E-state index is 0.0765. The summed E-state index contributed by atoms with van der Waals surface area (Å²) in [4.78, 5) is 28.1. The number of benzene rings is 2. The molecule has 2 aromatic carbocycles. The van der Waals surface area contributed by atoms with Gasteiger partial charge in [0.05, 0.1) is 22.0 Å². The number of sulfonamides is 1. The molecule has 0 saturated heterocycles. The topological polar surface area (TPSA) is 86.8 Å². The zero-order chi connectivity index (χ0) is 27.8. The number of aryl methyl sites for hydroxylation is 1. The van der Waals surface area contributed by atoms with Crippen molar-refractivity contribution in [3.8, 4) is 0 Å². The Labute approximate surface area is 231 Å². The van der Waals surface area contributed by atoms with Crippen molar-refractivity contribution in [2.45, 2.75) is 59.5 Å². The zero-order valence-electron chi connectivity index (χ0n) is 22.1. The fourth-order valence-corrected chi connectivity index (χ4v) is 5.24. The van der Waals surface area contributed by atoms with Crippen molar-refractivity contribution in [3.63, 3.8) is 0 Å². The fourth-order valence-electron chi connectivity index (χ4n) is 3.96. The maximum Gasteiger partial charge on any atom is 0.242 e. The van der Waals surface area contributed by atoms with Gasteiger partial charge >= 0.3 is 0 Å². The Kier molecular flexibility index (Phi) is 11.7. The Morgan fingerprint density at radius 3 is 2.32 bits per heavy atom. The third-order valence-electron chi connectivity index (χ3n) is 5.85. The molecule has 10 heteroatoms. The SMILES string of the molecule is CCC(C(=O)NCC(C)C)N(Cc1ccc(Cl)c(Cl)c1)C(=O)CCCN(c1cccc(C)c1)S(C)(=O)=O. The van der Waals surface area contributed by atoms with Crippen LogP contribution in [-0.4, -0.2) is 50.5 Å². The molecule has 0 saturated carbocycles. The highest BCUT2D eigenvalue weighted by molar-refractivity contribution is 7.92. The number of hydrogen-bond acceptors (Lipinski definition) is 4. The predicted octanol–water partition coefficient (Wildman–Crippen LogP) is 5.43. The molecule has 7 nitrogen and oxygen atoms in total. The van der Waals surface area contributed by atoms with Gasteiger partial charge in [0.25, 0.3) is 0 Å². The molecule has 0 aromatic heterocycles. The molecule has 0 radical (unpaired) electrons. The maximum absolute atomic E-state index is 13.5. The summed E-state index contributed by atoms with van der Waals surface area (Å²) >= 11 is 12.2. The van der Waals surface area contributed by atoms with E-state index in [-0.39, 0.29) is 37.2 Å². The van der Waals surface area contributed by atoms with Gasteiger partial charge in [-0.25, -0.2) is 8.42 Å². The molecule has 0 fully saturated rings. The molecule has 0 spiro atoms. The molecule has 1 N–H and O–H groups in total. The van der Waals surface area contributed by atoms with Crippen molar-refractivity contribution in [2.75, 3.05) is 23.7 Å². The molecule has 2 amide bonds. The van der Waals surface area contributed by atoms with Crippen LogP contribution in [-0.2, 0) is 26.2 Å². The van der Waals surface area contributed by atoms with E-state index >= 15 is 0 Å². The first-order chi connectivity index (χ1) is 17.3. The predicted molar refractivity (Wildman–Crippen MR) is 152 cm³/mol. The van der Waals surface area contributed by atoms with Crippen molar-refractivity contribution in [1.82, 2.24) is 10.2 Å². The highest BCUT2D eigenvalue weighted by Crippen LogP contribution is 2.25. The van der Waals surface area contributed by atoms with E-state index in [0.717, 1.165) is 17.4 Å². The second kappa shape index (κ2) is 14.0. The Hall–Kier alpha value is -2.29. The van der Waals surface area contributed by atoms with E-state index in [4.69, 9.17) is 23.2 Å². The molecule has 204 valence electrons. The summed E-state index contributed by atoms with van der Waals surface area (Å²) in [6, 6.07) is 11.7. The average Bonchev–Trinajstić information content (AvgIpc) is 2.81. The first-order valence-corrected chi connectivity index (χ1v) is 15.0. The minimum Gasteiger partial charge on any atom is -0.354 e. The number of nitrogens with zero attached hydrogens (tertiary/aromatic N) is 2. The van der Waals surface area contributed by atoms with Crippen LogP contribution in [0, 0.1) is 12.8 Å². The Bertz CT molecular complexity index is 1190. The highest BCUT2D eigenvalue weighted by Gasteiger charge is 2.29. The van der Waals surface area contributed by atoms with Gasteiger partial charge in [0.1, 0.15) is 6.04 Å². The lowest BCUT2D eigenvalue weighted by atomic mass is 10.1. The number of carbonyl (C=O) groups excluding carboxylic acids is 2. The molecule has 37 heavy (non-hydrogen) atoms. The van der Waals surface area contributed by atoms with Gasteiger partial charge in [-0.3, -0.25) is 13.9 Å². The van der Waals surface area contributed by atoms with Crippen molar-refractivity contribution >= 4 is 50.7 Å². The summed E-state index contributed by atoms with van der Waals surface area (Å²) in [7, 11) is -3.54.